The lowest BCUT2D eigenvalue weighted by molar-refractivity contribution is -0.932. The van der Waals surface area contributed by atoms with Crippen molar-refractivity contribution in [2.75, 3.05) is 44.7 Å². The van der Waals surface area contributed by atoms with Crippen LogP contribution in [0.3, 0.4) is 0 Å². The number of likely N-dealkylation sites (tertiary alicyclic amines) is 1. The van der Waals surface area contributed by atoms with Crippen molar-refractivity contribution in [3.8, 4) is 5.75 Å². The molecule has 0 spiro atoms. The van der Waals surface area contributed by atoms with Crippen LogP contribution in [0.5, 0.6) is 5.75 Å². The summed E-state index contributed by atoms with van der Waals surface area (Å²) in [7, 11) is 0. The summed E-state index contributed by atoms with van der Waals surface area (Å²) in [5.74, 6) is 0.721. The zero-order chi connectivity index (χ0) is 25.0. The van der Waals surface area contributed by atoms with Crippen LogP contribution in [0.4, 0.5) is 10.5 Å². The molecule has 1 aromatic rings. The molecular formula is C30H53N2O3+. The molecule has 2 rings (SSSR count). The molecular weight excluding hydrogens is 436 g/mol. The van der Waals surface area contributed by atoms with Crippen molar-refractivity contribution in [1.82, 2.24) is 0 Å². The monoisotopic (exact) mass is 489 g/mol. The number of amides is 1. The summed E-state index contributed by atoms with van der Waals surface area (Å²) in [6.07, 6.45) is 19.0. The highest BCUT2D eigenvalue weighted by Crippen LogP contribution is 2.25. The summed E-state index contributed by atoms with van der Waals surface area (Å²) in [4.78, 5) is 12.5. The van der Waals surface area contributed by atoms with E-state index in [1.807, 2.05) is 24.3 Å². The minimum absolute atomic E-state index is 0.380. The normalized spacial score (nSPS) is 15.0. The molecule has 1 aliphatic rings. The van der Waals surface area contributed by atoms with Crippen LogP contribution < -0.4 is 10.1 Å². The second-order valence-corrected chi connectivity index (χ2v) is 10.4. The van der Waals surface area contributed by atoms with Crippen molar-refractivity contribution in [1.29, 1.82) is 0 Å². The van der Waals surface area contributed by atoms with Gasteiger partial charge in [0.25, 0.3) is 0 Å². The fourth-order valence-corrected chi connectivity index (χ4v) is 5.21. The molecule has 1 amide bonds. The van der Waals surface area contributed by atoms with E-state index in [1.165, 1.54) is 110 Å². The molecule has 0 unspecified atom stereocenters. The van der Waals surface area contributed by atoms with Gasteiger partial charge >= 0.3 is 6.09 Å². The average Bonchev–Trinajstić information content (AvgIpc) is 2.87. The van der Waals surface area contributed by atoms with Crippen LogP contribution in [-0.4, -0.2) is 50.0 Å². The third kappa shape index (κ3) is 12.7. The Morgan fingerprint density at radius 3 is 2.11 bits per heavy atom. The van der Waals surface area contributed by atoms with Gasteiger partial charge in [-0.05, 0) is 50.7 Å². The van der Waals surface area contributed by atoms with Gasteiger partial charge in [-0.15, -0.1) is 0 Å². The van der Waals surface area contributed by atoms with E-state index in [1.54, 1.807) is 0 Å². The van der Waals surface area contributed by atoms with E-state index in [9.17, 15) is 4.79 Å². The van der Waals surface area contributed by atoms with E-state index >= 15 is 0 Å². The largest absolute Gasteiger partial charge is 0.491 e. The van der Waals surface area contributed by atoms with Gasteiger partial charge in [-0.3, -0.25) is 5.32 Å². The van der Waals surface area contributed by atoms with Gasteiger partial charge in [0, 0.05) is 0 Å². The van der Waals surface area contributed by atoms with Gasteiger partial charge in [0.2, 0.25) is 0 Å². The number of nitrogens with one attached hydrogen (secondary N) is 1. The molecule has 1 fully saturated rings. The van der Waals surface area contributed by atoms with Crippen LogP contribution in [0.2, 0.25) is 0 Å². The fourth-order valence-electron chi connectivity index (χ4n) is 5.21. The minimum Gasteiger partial charge on any atom is -0.491 e. The first-order chi connectivity index (χ1) is 17.2. The van der Waals surface area contributed by atoms with E-state index in [0.29, 0.717) is 18.9 Å². The number of benzene rings is 1. The van der Waals surface area contributed by atoms with Crippen molar-refractivity contribution >= 4 is 11.8 Å². The van der Waals surface area contributed by atoms with E-state index in [-0.39, 0.29) is 6.09 Å². The maximum absolute atomic E-state index is 12.5. The molecule has 0 radical (unpaired) electrons. The number of rotatable bonds is 19. The lowest BCUT2D eigenvalue weighted by atomic mass is 10.0. The Morgan fingerprint density at radius 1 is 0.771 bits per heavy atom. The fraction of sp³-hybridized carbons (Fsp3) is 0.767. The van der Waals surface area contributed by atoms with Gasteiger partial charge in [-0.2, -0.15) is 0 Å². The van der Waals surface area contributed by atoms with Crippen LogP contribution in [0.15, 0.2) is 24.3 Å². The first-order valence-electron chi connectivity index (χ1n) is 14.7. The quantitative estimate of drug-likeness (QED) is 0.157. The van der Waals surface area contributed by atoms with Crippen LogP contribution in [0.25, 0.3) is 0 Å². The molecule has 0 aromatic heterocycles. The molecule has 1 heterocycles. The van der Waals surface area contributed by atoms with Gasteiger partial charge < -0.3 is 14.0 Å². The molecule has 0 saturated carbocycles. The Labute approximate surface area is 215 Å². The lowest BCUT2D eigenvalue weighted by Gasteiger charge is -2.41. The molecule has 0 aliphatic carbocycles. The molecule has 0 atom stereocenters. The molecule has 1 aromatic carbocycles. The van der Waals surface area contributed by atoms with Crippen molar-refractivity contribution in [2.24, 2.45) is 0 Å². The third-order valence-electron chi connectivity index (χ3n) is 7.43. The molecule has 200 valence electrons. The maximum atomic E-state index is 12.5. The van der Waals surface area contributed by atoms with E-state index in [4.69, 9.17) is 9.47 Å². The number of carbonyl (C=O) groups is 1. The number of para-hydroxylation sites is 2. The van der Waals surface area contributed by atoms with Gasteiger partial charge in [0.15, 0.2) is 0 Å². The number of ether oxygens (including phenoxy) is 2. The topological polar surface area (TPSA) is 47.6 Å². The molecule has 1 N–H and O–H groups in total. The highest BCUT2D eigenvalue weighted by molar-refractivity contribution is 5.86. The van der Waals surface area contributed by atoms with Crippen molar-refractivity contribution in [3.05, 3.63) is 24.3 Å². The Morgan fingerprint density at radius 2 is 1.40 bits per heavy atom. The van der Waals surface area contributed by atoms with Gasteiger partial charge in [0.05, 0.1) is 31.9 Å². The molecule has 35 heavy (non-hydrogen) atoms. The average molecular weight is 490 g/mol. The molecule has 5 nitrogen and oxygen atoms in total. The Balaban J connectivity index is 1.72. The lowest BCUT2D eigenvalue weighted by Crippen LogP contribution is -2.54. The van der Waals surface area contributed by atoms with Gasteiger partial charge in [0.1, 0.15) is 18.9 Å². The number of hydrogen-bond acceptors (Lipinski definition) is 3. The van der Waals surface area contributed by atoms with Crippen LogP contribution in [-0.2, 0) is 4.74 Å². The van der Waals surface area contributed by atoms with Crippen molar-refractivity contribution in [3.63, 3.8) is 0 Å². The van der Waals surface area contributed by atoms with Crippen LogP contribution in [0.1, 0.15) is 110 Å². The summed E-state index contributed by atoms with van der Waals surface area (Å²) >= 11 is 0. The van der Waals surface area contributed by atoms with Crippen LogP contribution >= 0.6 is 0 Å². The van der Waals surface area contributed by atoms with E-state index in [0.717, 1.165) is 23.2 Å². The molecule has 0 bridgehead atoms. The van der Waals surface area contributed by atoms with Crippen molar-refractivity contribution in [2.45, 2.75) is 110 Å². The number of hydrogen-bond donors (Lipinski definition) is 1. The predicted molar refractivity (Wildman–Crippen MR) is 147 cm³/mol. The number of anilines is 1. The van der Waals surface area contributed by atoms with Crippen LogP contribution in [0, 0.1) is 0 Å². The first kappa shape index (κ1) is 29.5. The van der Waals surface area contributed by atoms with E-state index < -0.39 is 0 Å². The number of carbonyl (C=O) groups excluding carboxylic acids is 1. The second kappa shape index (κ2) is 18.5. The number of quaternary nitrogens is 1. The first-order valence-corrected chi connectivity index (χ1v) is 14.7. The summed E-state index contributed by atoms with van der Waals surface area (Å²) < 4.78 is 12.7. The van der Waals surface area contributed by atoms with Crippen molar-refractivity contribution < 1.29 is 18.8 Å². The number of unbranched alkanes of at least 4 members (excludes halogenated alkanes) is 10. The number of nitrogens with zero attached hydrogens (tertiary/aromatic N) is 1. The second-order valence-electron chi connectivity index (χ2n) is 10.4. The Kier molecular flexibility index (Phi) is 15.6. The van der Waals surface area contributed by atoms with Gasteiger partial charge in [-0.25, -0.2) is 4.79 Å². The van der Waals surface area contributed by atoms with Gasteiger partial charge in [-0.1, -0.05) is 83.8 Å². The summed E-state index contributed by atoms with van der Waals surface area (Å²) in [6.45, 7) is 10.3. The SMILES string of the molecule is CCCCCCCCC[N+]1(CCOC(=O)Nc2ccccc2OCCCCCCC)CCCCC1. The standard InChI is InChI=1S/C30H52N2O3/c1-3-5-7-9-10-11-16-22-32(23-17-13-18-24-32)25-27-35-30(33)31-28-20-14-15-21-29(28)34-26-19-12-8-6-4-2/h14-15,20-21H,3-13,16-19,22-27H2,1-2H3/p+1. The van der Waals surface area contributed by atoms with E-state index in [2.05, 4.69) is 19.2 Å². The highest BCUT2D eigenvalue weighted by atomic mass is 16.5. The highest BCUT2D eigenvalue weighted by Gasteiger charge is 2.29. The molecule has 1 saturated heterocycles. The summed E-state index contributed by atoms with van der Waals surface area (Å²) in [5.41, 5.74) is 0.691. The smallest absolute Gasteiger partial charge is 0.411 e. The maximum Gasteiger partial charge on any atom is 0.411 e. The molecule has 1 aliphatic heterocycles. The summed E-state index contributed by atoms with van der Waals surface area (Å²) in [6, 6.07) is 7.65. The molecule has 5 heteroatoms. The Hall–Kier alpha value is -1.75. The Bertz CT molecular complexity index is 673. The minimum atomic E-state index is -0.380. The zero-order valence-electron chi connectivity index (χ0n) is 22.8. The zero-order valence-corrected chi connectivity index (χ0v) is 22.8. The summed E-state index contributed by atoms with van der Waals surface area (Å²) in [5, 5.41) is 2.91. The number of piperidine rings is 1. The predicted octanol–water partition coefficient (Wildman–Crippen LogP) is 8.34. The third-order valence-corrected chi connectivity index (χ3v) is 7.43.